The molecule has 0 aliphatic carbocycles. The molecule has 6 heteroatoms. The first-order valence-corrected chi connectivity index (χ1v) is 7.32. The SMILES string of the molecule is CCCC(CCO)CN=C(NCC)NC(C)COC.I. The molecule has 0 aromatic rings. The van der Waals surface area contributed by atoms with Crippen LogP contribution >= 0.6 is 24.0 Å². The van der Waals surface area contributed by atoms with Crippen LogP contribution in [0.15, 0.2) is 4.99 Å². The predicted molar refractivity (Wildman–Crippen MR) is 96.0 cm³/mol. The quantitative estimate of drug-likeness (QED) is 0.298. The van der Waals surface area contributed by atoms with Gasteiger partial charge in [0, 0.05) is 32.8 Å². The van der Waals surface area contributed by atoms with Crippen LogP contribution in [0.5, 0.6) is 0 Å². The molecule has 2 atom stereocenters. The van der Waals surface area contributed by atoms with Crippen molar-refractivity contribution in [3.8, 4) is 0 Å². The lowest BCUT2D eigenvalue weighted by Gasteiger charge is -2.18. The molecule has 0 spiro atoms. The summed E-state index contributed by atoms with van der Waals surface area (Å²) in [6.07, 6.45) is 3.06. The molecule has 122 valence electrons. The molecule has 0 radical (unpaired) electrons. The van der Waals surface area contributed by atoms with Gasteiger partial charge in [0.2, 0.25) is 0 Å². The number of nitrogens with zero attached hydrogens (tertiary/aromatic N) is 1. The van der Waals surface area contributed by atoms with Crippen LogP contribution < -0.4 is 10.6 Å². The van der Waals surface area contributed by atoms with Crippen LogP contribution in [0.1, 0.15) is 40.0 Å². The van der Waals surface area contributed by atoms with E-state index in [1.807, 2.05) is 0 Å². The molecule has 0 aromatic heterocycles. The Balaban J connectivity index is 0. The summed E-state index contributed by atoms with van der Waals surface area (Å²) in [4.78, 5) is 4.60. The monoisotopic (exact) mass is 401 g/mol. The Labute approximate surface area is 141 Å². The van der Waals surface area contributed by atoms with E-state index in [1.54, 1.807) is 7.11 Å². The lowest BCUT2D eigenvalue weighted by Crippen LogP contribution is -2.44. The number of ether oxygens (including phenoxy) is 1. The van der Waals surface area contributed by atoms with Crippen LogP contribution in [-0.4, -0.2) is 50.5 Å². The number of halogens is 1. The normalized spacial score (nSPS) is 14.3. The Hall–Kier alpha value is -0.0800. The summed E-state index contributed by atoms with van der Waals surface area (Å²) >= 11 is 0. The van der Waals surface area contributed by atoms with Crippen molar-refractivity contribution in [1.82, 2.24) is 10.6 Å². The Kier molecular flexibility index (Phi) is 17.0. The largest absolute Gasteiger partial charge is 0.396 e. The molecule has 0 saturated carbocycles. The molecule has 0 heterocycles. The number of guanidine groups is 1. The van der Waals surface area contributed by atoms with Crippen molar-refractivity contribution in [2.75, 3.05) is 33.4 Å². The second-order valence-corrected chi connectivity index (χ2v) is 4.89. The van der Waals surface area contributed by atoms with E-state index in [-0.39, 0.29) is 36.6 Å². The fourth-order valence-corrected chi connectivity index (χ4v) is 1.98. The van der Waals surface area contributed by atoms with Gasteiger partial charge in [0.1, 0.15) is 0 Å². The van der Waals surface area contributed by atoms with Crippen molar-refractivity contribution in [3.05, 3.63) is 0 Å². The number of aliphatic hydroxyl groups is 1. The van der Waals surface area contributed by atoms with Gasteiger partial charge < -0.3 is 20.5 Å². The average molecular weight is 401 g/mol. The molecule has 0 aliphatic rings. The van der Waals surface area contributed by atoms with E-state index < -0.39 is 0 Å². The maximum atomic E-state index is 9.05. The number of hydrogen-bond donors (Lipinski definition) is 3. The van der Waals surface area contributed by atoms with E-state index in [0.29, 0.717) is 12.5 Å². The summed E-state index contributed by atoms with van der Waals surface area (Å²) in [6, 6.07) is 0.227. The summed E-state index contributed by atoms with van der Waals surface area (Å²) in [5, 5.41) is 15.6. The highest BCUT2D eigenvalue weighted by molar-refractivity contribution is 14.0. The van der Waals surface area contributed by atoms with Gasteiger partial charge in [-0.1, -0.05) is 13.3 Å². The van der Waals surface area contributed by atoms with Gasteiger partial charge in [0.25, 0.3) is 0 Å². The number of hydrogen-bond acceptors (Lipinski definition) is 3. The summed E-state index contributed by atoms with van der Waals surface area (Å²) in [7, 11) is 1.70. The summed E-state index contributed by atoms with van der Waals surface area (Å²) in [5.74, 6) is 1.29. The molecule has 0 aliphatic heterocycles. The van der Waals surface area contributed by atoms with Crippen molar-refractivity contribution in [2.24, 2.45) is 10.9 Å². The molecular formula is C14H32IN3O2. The molecule has 0 fully saturated rings. The Morgan fingerprint density at radius 1 is 1.30 bits per heavy atom. The third kappa shape index (κ3) is 11.7. The zero-order chi connectivity index (χ0) is 14.5. The lowest BCUT2D eigenvalue weighted by atomic mass is 10.0. The molecule has 0 aromatic carbocycles. The minimum atomic E-state index is 0. The average Bonchev–Trinajstić information content (AvgIpc) is 2.36. The molecule has 20 heavy (non-hydrogen) atoms. The van der Waals surface area contributed by atoms with Gasteiger partial charge in [-0.15, -0.1) is 24.0 Å². The van der Waals surface area contributed by atoms with Gasteiger partial charge >= 0.3 is 0 Å². The number of methoxy groups -OCH3 is 1. The Bertz CT molecular complexity index is 234. The second-order valence-electron chi connectivity index (χ2n) is 4.89. The minimum absolute atomic E-state index is 0. The van der Waals surface area contributed by atoms with E-state index in [9.17, 15) is 0 Å². The Morgan fingerprint density at radius 2 is 2.00 bits per heavy atom. The van der Waals surface area contributed by atoms with Gasteiger partial charge in [0.05, 0.1) is 6.61 Å². The van der Waals surface area contributed by atoms with Crippen LogP contribution in [0.2, 0.25) is 0 Å². The topological polar surface area (TPSA) is 65.9 Å². The van der Waals surface area contributed by atoms with E-state index in [2.05, 4.69) is 36.4 Å². The number of rotatable bonds is 10. The third-order valence-corrected chi connectivity index (χ3v) is 2.89. The van der Waals surface area contributed by atoms with Crippen LogP contribution in [0, 0.1) is 5.92 Å². The standard InChI is InChI=1S/C14H31N3O2.HI/c1-5-7-13(8-9-18)10-16-14(15-6-2)17-12(3)11-19-4;/h12-13,18H,5-11H2,1-4H3,(H2,15,16,17);1H. The first kappa shape index (κ1) is 22.2. The van der Waals surface area contributed by atoms with Crippen molar-refractivity contribution in [1.29, 1.82) is 0 Å². The van der Waals surface area contributed by atoms with E-state index >= 15 is 0 Å². The van der Waals surface area contributed by atoms with E-state index in [0.717, 1.165) is 38.3 Å². The first-order chi connectivity index (χ1) is 9.17. The van der Waals surface area contributed by atoms with Crippen molar-refractivity contribution < 1.29 is 9.84 Å². The number of aliphatic imine (C=N–C) groups is 1. The second kappa shape index (κ2) is 15.3. The molecular weight excluding hydrogens is 369 g/mol. The summed E-state index contributed by atoms with van der Waals surface area (Å²) in [6.45, 7) is 8.76. The van der Waals surface area contributed by atoms with E-state index in [1.165, 1.54) is 0 Å². The van der Waals surface area contributed by atoms with Crippen LogP contribution in [0.3, 0.4) is 0 Å². The number of nitrogens with one attached hydrogen (secondary N) is 2. The smallest absolute Gasteiger partial charge is 0.191 e. The van der Waals surface area contributed by atoms with Gasteiger partial charge in [-0.05, 0) is 32.6 Å². The van der Waals surface area contributed by atoms with Crippen LogP contribution in [0.25, 0.3) is 0 Å². The first-order valence-electron chi connectivity index (χ1n) is 7.32. The molecule has 0 bridgehead atoms. The molecule has 5 nitrogen and oxygen atoms in total. The maximum Gasteiger partial charge on any atom is 0.191 e. The van der Waals surface area contributed by atoms with Crippen molar-refractivity contribution in [2.45, 2.75) is 46.1 Å². The highest BCUT2D eigenvalue weighted by atomic mass is 127. The van der Waals surface area contributed by atoms with Crippen molar-refractivity contribution >= 4 is 29.9 Å². The zero-order valence-corrected chi connectivity index (χ0v) is 15.6. The fraction of sp³-hybridized carbons (Fsp3) is 0.929. The van der Waals surface area contributed by atoms with Gasteiger partial charge in [-0.25, -0.2) is 0 Å². The molecule has 0 rings (SSSR count). The number of aliphatic hydroxyl groups excluding tert-OH is 1. The fourth-order valence-electron chi connectivity index (χ4n) is 1.98. The molecule has 3 N–H and O–H groups in total. The molecule has 2 unspecified atom stereocenters. The maximum absolute atomic E-state index is 9.05. The van der Waals surface area contributed by atoms with Crippen LogP contribution in [-0.2, 0) is 4.74 Å². The highest BCUT2D eigenvalue weighted by Gasteiger charge is 2.08. The van der Waals surface area contributed by atoms with Crippen LogP contribution in [0.4, 0.5) is 0 Å². The predicted octanol–water partition coefficient (Wildman–Crippen LogP) is 1.99. The zero-order valence-electron chi connectivity index (χ0n) is 13.3. The summed E-state index contributed by atoms with van der Waals surface area (Å²) in [5.41, 5.74) is 0. The van der Waals surface area contributed by atoms with Gasteiger partial charge in [0.15, 0.2) is 5.96 Å². The summed E-state index contributed by atoms with van der Waals surface area (Å²) < 4.78 is 5.11. The lowest BCUT2D eigenvalue weighted by molar-refractivity contribution is 0.179. The van der Waals surface area contributed by atoms with Gasteiger partial charge in [-0.3, -0.25) is 4.99 Å². The van der Waals surface area contributed by atoms with Gasteiger partial charge in [-0.2, -0.15) is 0 Å². The Morgan fingerprint density at radius 3 is 2.50 bits per heavy atom. The van der Waals surface area contributed by atoms with E-state index in [4.69, 9.17) is 9.84 Å². The molecule has 0 saturated heterocycles. The third-order valence-electron chi connectivity index (χ3n) is 2.89. The molecule has 0 amide bonds. The highest BCUT2D eigenvalue weighted by Crippen LogP contribution is 2.10. The minimum Gasteiger partial charge on any atom is -0.396 e. The van der Waals surface area contributed by atoms with Crippen molar-refractivity contribution in [3.63, 3.8) is 0 Å².